The van der Waals surface area contributed by atoms with Gasteiger partial charge >= 0.3 is 0 Å². The molecule has 6 nitrogen and oxygen atoms in total. The zero-order valence-corrected chi connectivity index (χ0v) is 15.4. The Morgan fingerprint density at radius 3 is 2.64 bits per heavy atom. The zero-order chi connectivity index (χ0) is 17.5. The van der Waals surface area contributed by atoms with Crippen molar-refractivity contribution < 1.29 is 13.9 Å². The highest BCUT2D eigenvalue weighted by atomic mass is 16.5. The van der Waals surface area contributed by atoms with E-state index in [4.69, 9.17) is 9.15 Å². The van der Waals surface area contributed by atoms with Crippen molar-refractivity contribution >= 4 is 5.91 Å². The normalized spacial score (nSPS) is 21.8. The molecule has 1 aromatic heterocycles. The minimum Gasteiger partial charge on any atom is -0.425 e. The van der Waals surface area contributed by atoms with E-state index < -0.39 is 0 Å². The molecular weight excluding hydrogens is 318 g/mol. The number of hydrogen-bond acceptors (Lipinski definition) is 5. The monoisotopic (exact) mass is 349 g/mol. The molecule has 2 fully saturated rings. The Morgan fingerprint density at radius 1 is 1.12 bits per heavy atom. The number of hydrogen-bond donors (Lipinski definition) is 0. The van der Waals surface area contributed by atoms with Crippen LogP contribution in [-0.2, 0) is 22.4 Å². The molecule has 0 radical (unpaired) electrons. The van der Waals surface area contributed by atoms with Crippen LogP contribution in [0.1, 0.15) is 63.1 Å². The molecule has 0 aromatic carbocycles. The lowest BCUT2D eigenvalue weighted by Gasteiger charge is -2.20. The van der Waals surface area contributed by atoms with Gasteiger partial charge in [0, 0.05) is 45.4 Å². The van der Waals surface area contributed by atoms with Crippen LogP contribution in [-0.4, -0.2) is 47.8 Å². The summed E-state index contributed by atoms with van der Waals surface area (Å²) in [6.07, 6.45) is 10.8. The fourth-order valence-electron chi connectivity index (χ4n) is 4.10. The van der Waals surface area contributed by atoms with E-state index in [1.165, 1.54) is 32.1 Å². The Hall–Kier alpha value is -1.43. The van der Waals surface area contributed by atoms with Crippen molar-refractivity contribution in [2.75, 3.05) is 26.8 Å². The predicted molar refractivity (Wildman–Crippen MR) is 94.1 cm³/mol. The number of aryl methyl sites for hydroxylation is 2. The number of ether oxygens (including phenoxy) is 1. The van der Waals surface area contributed by atoms with Crippen molar-refractivity contribution in [2.45, 2.75) is 64.2 Å². The molecule has 1 amide bonds. The van der Waals surface area contributed by atoms with Crippen LogP contribution in [0.3, 0.4) is 0 Å². The third kappa shape index (κ3) is 5.53. The van der Waals surface area contributed by atoms with Gasteiger partial charge in [-0.15, -0.1) is 10.2 Å². The van der Waals surface area contributed by atoms with Gasteiger partial charge < -0.3 is 14.1 Å². The molecule has 1 saturated heterocycles. The van der Waals surface area contributed by atoms with E-state index >= 15 is 0 Å². The van der Waals surface area contributed by atoms with Gasteiger partial charge in [-0.25, -0.2) is 0 Å². The number of carbonyl (C=O) groups excluding carboxylic acids is 1. The summed E-state index contributed by atoms with van der Waals surface area (Å²) >= 11 is 0. The molecule has 1 unspecified atom stereocenters. The van der Waals surface area contributed by atoms with Crippen LogP contribution in [0.5, 0.6) is 0 Å². The highest BCUT2D eigenvalue weighted by molar-refractivity contribution is 5.76. The topological polar surface area (TPSA) is 68.5 Å². The summed E-state index contributed by atoms with van der Waals surface area (Å²) in [7, 11) is 1.71. The summed E-state index contributed by atoms with van der Waals surface area (Å²) in [6.45, 7) is 2.38. The van der Waals surface area contributed by atoms with Crippen molar-refractivity contribution in [1.82, 2.24) is 15.1 Å². The van der Waals surface area contributed by atoms with Crippen LogP contribution in [0.4, 0.5) is 0 Å². The number of methoxy groups -OCH3 is 1. The minimum atomic E-state index is 0.181. The van der Waals surface area contributed by atoms with Crippen LogP contribution in [0.2, 0.25) is 0 Å². The van der Waals surface area contributed by atoms with Crippen LogP contribution >= 0.6 is 0 Å². The second-order valence-corrected chi connectivity index (χ2v) is 7.58. The predicted octanol–water partition coefficient (Wildman–Crippen LogP) is 3.01. The number of rotatable bonds is 8. The van der Waals surface area contributed by atoms with Crippen LogP contribution < -0.4 is 0 Å². The first-order valence-corrected chi connectivity index (χ1v) is 9.82. The van der Waals surface area contributed by atoms with Crippen LogP contribution in [0, 0.1) is 11.8 Å². The average Bonchev–Trinajstić information content (AvgIpc) is 3.29. The standard InChI is InChI=1S/C19H31N3O3/c1-24-14-16-11-12-22(13-16)19(23)10-9-18-21-20-17(25-18)8-7-15-5-3-2-4-6-15/h15-16H,2-14H2,1H3. The summed E-state index contributed by atoms with van der Waals surface area (Å²) in [5.74, 6) is 2.80. The molecule has 0 bridgehead atoms. The Morgan fingerprint density at radius 2 is 1.88 bits per heavy atom. The number of likely N-dealkylation sites (tertiary alicyclic amines) is 1. The molecule has 6 heteroatoms. The minimum absolute atomic E-state index is 0.181. The lowest BCUT2D eigenvalue weighted by molar-refractivity contribution is -0.130. The van der Waals surface area contributed by atoms with Crippen molar-refractivity contribution in [3.63, 3.8) is 0 Å². The first-order valence-electron chi connectivity index (χ1n) is 9.82. The summed E-state index contributed by atoms with van der Waals surface area (Å²) < 4.78 is 10.9. The molecule has 3 rings (SSSR count). The maximum atomic E-state index is 12.3. The van der Waals surface area contributed by atoms with E-state index in [9.17, 15) is 4.79 Å². The average molecular weight is 349 g/mol. The van der Waals surface area contributed by atoms with E-state index in [2.05, 4.69) is 10.2 Å². The van der Waals surface area contributed by atoms with Crippen molar-refractivity contribution in [2.24, 2.45) is 11.8 Å². The Labute approximate surface area is 150 Å². The van der Waals surface area contributed by atoms with E-state index in [0.717, 1.165) is 50.8 Å². The van der Waals surface area contributed by atoms with Gasteiger partial charge in [-0.1, -0.05) is 32.1 Å². The van der Waals surface area contributed by atoms with Gasteiger partial charge in [-0.05, 0) is 18.8 Å². The van der Waals surface area contributed by atoms with Gasteiger partial charge in [0.25, 0.3) is 0 Å². The zero-order valence-electron chi connectivity index (χ0n) is 15.4. The van der Waals surface area contributed by atoms with E-state index in [1.54, 1.807) is 7.11 Å². The van der Waals surface area contributed by atoms with Crippen molar-refractivity contribution in [3.8, 4) is 0 Å². The quantitative estimate of drug-likeness (QED) is 0.721. The summed E-state index contributed by atoms with van der Waals surface area (Å²) in [5.41, 5.74) is 0. The van der Waals surface area contributed by atoms with Gasteiger partial charge in [0.2, 0.25) is 17.7 Å². The maximum absolute atomic E-state index is 12.3. The second kappa shape index (κ2) is 9.32. The molecule has 25 heavy (non-hydrogen) atoms. The molecule has 1 aromatic rings. The highest BCUT2D eigenvalue weighted by Gasteiger charge is 2.26. The first kappa shape index (κ1) is 18.4. The third-order valence-corrected chi connectivity index (χ3v) is 5.59. The SMILES string of the molecule is COCC1CCN(C(=O)CCc2nnc(CCC3CCCCC3)o2)C1. The number of nitrogens with zero attached hydrogens (tertiary/aromatic N) is 3. The molecule has 1 atom stereocenters. The number of amides is 1. The second-order valence-electron chi connectivity index (χ2n) is 7.58. The Bertz CT molecular complexity index is 540. The van der Waals surface area contributed by atoms with E-state index in [0.29, 0.717) is 24.7 Å². The Balaban J connectivity index is 1.37. The van der Waals surface area contributed by atoms with Crippen LogP contribution in [0.15, 0.2) is 4.42 Å². The molecule has 1 saturated carbocycles. The number of carbonyl (C=O) groups is 1. The van der Waals surface area contributed by atoms with Crippen molar-refractivity contribution in [3.05, 3.63) is 11.8 Å². The molecule has 0 N–H and O–H groups in total. The fraction of sp³-hybridized carbons (Fsp3) is 0.842. The maximum Gasteiger partial charge on any atom is 0.223 e. The van der Waals surface area contributed by atoms with Gasteiger partial charge in [-0.3, -0.25) is 4.79 Å². The lowest BCUT2D eigenvalue weighted by atomic mass is 9.86. The first-order chi connectivity index (χ1) is 12.2. The largest absolute Gasteiger partial charge is 0.425 e. The third-order valence-electron chi connectivity index (χ3n) is 5.59. The van der Waals surface area contributed by atoms with Gasteiger partial charge in [0.15, 0.2) is 0 Å². The van der Waals surface area contributed by atoms with E-state index in [1.807, 2.05) is 4.90 Å². The summed E-state index contributed by atoms with van der Waals surface area (Å²) in [6, 6.07) is 0. The molecule has 2 heterocycles. The lowest BCUT2D eigenvalue weighted by Crippen LogP contribution is -2.29. The summed E-state index contributed by atoms with van der Waals surface area (Å²) in [4.78, 5) is 14.2. The molecule has 2 aliphatic rings. The highest BCUT2D eigenvalue weighted by Crippen LogP contribution is 2.27. The summed E-state index contributed by atoms with van der Waals surface area (Å²) in [5, 5.41) is 8.27. The molecule has 1 aliphatic carbocycles. The van der Waals surface area contributed by atoms with Crippen LogP contribution in [0.25, 0.3) is 0 Å². The molecule has 0 spiro atoms. The van der Waals surface area contributed by atoms with E-state index in [-0.39, 0.29) is 5.91 Å². The fourth-order valence-corrected chi connectivity index (χ4v) is 4.10. The number of aromatic nitrogens is 2. The smallest absolute Gasteiger partial charge is 0.223 e. The molecular formula is C19H31N3O3. The Kier molecular flexibility index (Phi) is 6.84. The van der Waals surface area contributed by atoms with Crippen molar-refractivity contribution in [1.29, 1.82) is 0 Å². The van der Waals surface area contributed by atoms with Gasteiger partial charge in [0.05, 0.1) is 6.61 Å². The van der Waals surface area contributed by atoms with Gasteiger partial charge in [0.1, 0.15) is 0 Å². The molecule has 1 aliphatic heterocycles. The van der Waals surface area contributed by atoms with Gasteiger partial charge in [-0.2, -0.15) is 0 Å². The molecule has 140 valence electrons.